The van der Waals surface area contributed by atoms with Gasteiger partial charge in [-0.2, -0.15) is 16.7 Å². The Morgan fingerprint density at radius 3 is 3.00 bits per heavy atom. The zero-order valence-electron chi connectivity index (χ0n) is 11.5. The number of rotatable bonds is 6. The Bertz CT molecular complexity index is 605. The van der Waals surface area contributed by atoms with Gasteiger partial charge in [0, 0.05) is 12.1 Å². The summed E-state index contributed by atoms with van der Waals surface area (Å²) in [5.74, 6) is 2.90. The lowest BCUT2D eigenvalue weighted by molar-refractivity contribution is 0.398. The van der Waals surface area contributed by atoms with Crippen LogP contribution in [0.4, 0.5) is 0 Å². The molecule has 2 aromatic heterocycles. The van der Waals surface area contributed by atoms with E-state index in [9.17, 15) is 0 Å². The number of hydrogen-bond donors (Lipinski definition) is 1. The average molecular weight is 297 g/mol. The van der Waals surface area contributed by atoms with Gasteiger partial charge in [-0.05, 0) is 43.1 Å². The van der Waals surface area contributed by atoms with Gasteiger partial charge in [-0.1, -0.05) is 6.92 Å². The molecule has 2 heterocycles. The van der Waals surface area contributed by atoms with Crippen molar-refractivity contribution in [2.24, 2.45) is 0 Å². The molecule has 0 amide bonds. The van der Waals surface area contributed by atoms with Crippen molar-refractivity contribution in [1.29, 1.82) is 0 Å². The van der Waals surface area contributed by atoms with E-state index in [0.717, 1.165) is 33.9 Å². The number of thioether (sulfide) groups is 1. The highest BCUT2D eigenvalue weighted by Gasteiger charge is 2.13. The first-order valence-corrected chi connectivity index (χ1v) is 7.96. The van der Waals surface area contributed by atoms with E-state index >= 15 is 0 Å². The number of pyridine rings is 1. The van der Waals surface area contributed by atoms with Crippen LogP contribution in [0.5, 0.6) is 5.88 Å². The summed E-state index contributed by atoms with van der Waals surface area (Å²) >= 11 is 7.36. The summed E-state index contributed by atoms with van der Waals surface area (Å²) in [4.78, 5) is 7.70. The van der Waals surface area contributed by atoms with Crippen LogP contribution in [-0.2, 0) is 0 Å². The van der Waals surface area contributed by atoms with Gasteiger partial charge < -0.3 is 9.72 Å². The lowest BCUT2D eigenvalue weighted by Gasteiger charge is -2.13. The minimum Gasteiger partial charge on any atom is -0.481 e. The third kappa shape index (κ3) is 3.12. The predicted molar refractivity (Wildman–Crippen MR) is 83.8 cm³/mol. The fourth-order valence-corrected chi connectivity index (χ4v) is 3.21. The number of nitrogens with zero attached hydrogens (tertiary/aromatic N) is 2. The molecule has 0 aliphatic rings. The lowest BCUT2D eigenvalue weighted by Crippen LogP contribution is -2.07. The Kier molecular flexibility index (Phi) is 4.87. The lowest BCUT2D eigenvalue weighted by atomic mass is 10.2. The Morgan fingerprint density at radius 1 is 1.53 bits per heavy atom. The number of fused-ring (bicyclic) bond motifs is 1. The van der Waals surface area contributed by atoms with E-state index in [1.807, 2.05) is 23.9 Å². The zero-order chi connectivity index (χ0) is 13.8. The Morgan fingerprint density at radius 2 is 2.32 bits per heavy atom. The minimum atomic E-state index is 0.333. The fraction of sp³-hybridized carbons (Fsp3) is 0.538. The van der Waals surface area contributed by atoms with Gasteiger partial charge in [-0.3, -0.25) is 4.57 Å². The summed E-state index contributed by atoms with van der Waals surface area (Å²) in [6.07, 6.45) is 1.08. The van der Waals surface area contributed by atoms with Crippen LogP contribution in [0.25, 0.3) is 11.2 Å². The zero-order valence-corrected chi connectivity index (χ0v) is 13.1. The molecule has 0 radical (unpaired) electrons. The van der Waals surface area contributed by atoms with E-state index in [4.69, 9.17) is 17.0 Å². The molecule has 2 aromatic rings. The number of methoxy groups -OCH3 is 1. The monoisotopic (exact) mass is 297 g/mol. The van der Waals surface area contributed by atoms with Crippen molar-refractivity contribution in [1.82, 2.24) is 14.5 Å². The van der Waals surface area contributed by atoms with Crippen LogP contribution in [0.1, 0.15) is 26.3 Å². The van der Waals surface area contributed by atoms with Crippen LogP contribution in [0.3, 0.4) is 0 Å². The first kappa shape index (κ1) is 14.4. The number of aromatic nitrogens is 3. The molecule has 2 rings (SSSR count). The highest BCUT2D eigenvalue weighted by atomic mass is 32.2. The summed E-state index contributed by atoms with van der Waals surface area (Å²) in [5.41, 5.74) is 1.83. The van der Waals surface area contributed by atoms with E-state index in [-0.39, 0.29) is 0 Å². The van der Waals surface area contributed by atoms with Crippen molar-refractivity contribution in [3.63, 3.8) is 0 Å². The quantitative estimate of drug-likeness (QED) is 0.650. The molecule has 0 saturated heterocycles. The van der Waals surface area contributed by atoms with E-state index in [1.165, 1.54) is 0 Å². The topological polar surface area (TPSA) is 42.8 Å². The average Bonchev–Trinajstić information content (AvgIpc) is 2.73. The van der Waals surface area contributed by atoms with Crippen molar-refractivity contribution < 1.29 is 4.74 Å². The predicted octanol–water partition coefficient (Wildman–Crippen LogP) is 3.81. The van der Waals surface area contributed by atoms with Crippen molar-refractivity contribution in [3.05, 3.63) is 16.9 Å². The normalized spacial score (nSPS) is 12.8. The van der Waals surface area contributed by atoms with Crippen LogP contribution >= 0.6 is 24.0 Å². The number of aromatic amines is 1. The van der Waals surface area contributed by atoms with Crippen molar-refractivity contribution in [2.45, 2.75) is 26.3 Å². The molecule has 0 bridgehead atoms. The Hall–Kier alpha value is -1.01. The smallest absolute Gasteiger partial charge is 0.215 e. The van der Waals surface area contributed by atoms with Crippen LogP contribution in [0.15, 0.2) is 12.1 Å². The number of H-pyrrole nitrogens is 1. The summed E-state index contributed by atoms with van der Waals surface area (Å²) in [6, 6.07) is 4.14. The van der Waals surface area contributed by atoms with Gasteiger partial charge in [-0.25, -0.2) is 0 Å². The maximum absolute atomic E-state index is 5.41. The highest BCUT2D eigenvalue weighted by molar-refractivity contribution is 7.99. The molecule has 0 spiro atoms. The van der Waals surface area contributed by atoms with Crippen molar-refractivity contribution >= 4 is 35.1 Å². The Labute approximate surface area is 122 Å². The van der Waals surface area contributed by atoms with Crippen LogP contribution in [0.2, 0.25) is 0 Å². The van der Waals surface area contributed by atoms with Crippen molar-refractivity contribution in [2.75, 3.05) is 18.6 Å². The molecule has 0 aliphatic carbocycles. The summed E-state index contributed by atoms with van der Waals surface area (Å²) in [7, 11) is 1.63. The molecule has 1 unspecified atom stereocenters. The first-order chi connectivity index (χ1) is 9.17. The molecule has 1 atom stereocenters. The second kappa shape index (κ2) is 6.43. The minimum absolute atomic E-state index is 0.333. The third-order valence-corrected chi connectivity index (χ3v) is 4.30. The fourth-order valence-electron chi connectivity index (χ4n) is 2.03. The van der Waals surface area contributed by atoms with Gasteiger partial charge in [0.15, 0.2) is 10.4 Å². The van der Waals surface area contributed by atoms with Gasteiger partial charge in [-0.15, -0.1) is 0 Å². The summed E-state index contributed by atoms with van der Waals surface area (Å²) in [6.45, 7) is 4.36. The molecule has 0 aromatic carbocycles. The number of ether oxygens (including phenoxy) is 1. The van der Waals surface area contributed by atoms with E-state index in [1.54, 1.807) is 7.11 Å². The molecule has 0 fully saturated rings. The molecule has 1 N–H and O–H groups in total. The molecule has 4 nitrogen and oxygen atoms in total. The van der Waals surface area contributed by atoms with Gasteiger partial charge in [0.2, 0.25) is 5.88 Å². The highest BCUT2D eigenvalue weighted by Crippen LogP contribution is 2.23. The molecule has 0 aliphatic heterocycles. The summed E-state index contributed by atoms with van der Waals surface area (Å²) < 4.78 is 8.00. The van der Waals surface area contributed by atoms with Crippen LogP contribution < -0.4 is 4.74 Å². The molecule has 6 heteroatoms. The van der Waals surface area contributed by atoms with Gasteiger partial charge in [0.1, 0.15) is 0 Å². The Balaban J connectivity index is 2.35. The third-order valence-electron chi connectivity index (χ3n) is 3.07. The molecular formula is C13H19N3OS2. The second-order valence-electron chi connectivity index (χ2n) is 4.36. The SMILES string of the molecule is CCSCCC(C)n1c(=S)[nH]c2ccc(OC)nc21. The second-order valence-corrected chi connectivity index (χ2v) is 6.14. The number of nitrogens with one attached hydrogen (secondary N) is 1. The maximum atomic E-state index is 5.41. The van der Waals surface area contributed by atoms with Gasteiger partial charge >= 0.3 is 0 Å². The first-order valence-electron chi connectivity index (χ1n) is 6.40. The van der Waals surface area contributed by atoms with Crippen molar-refractivity contribution in [3.8, 4) is 5.88 Å². The molecular weight excluding hydrogens is 278 g/mol. The molecule has 104 valence electrons. The number of hydrogen-bond acceptors (Lipinski definition) is 4. The van der Waals surface area contributed by atoms with Gasteiger partial charge in [0.05, 0.1) is 12.6 Å². The van der Waals surface area contributed by atoms with Crippen LogP contribution in [-0.4, -0.2) is 33.2 Å². The van der Waals surface area contributed by atoms with E-state index in [0.29, 0.717) is 11.9 Å². The number of imidazole rings is 1. The standard InChI is InChI=1S/C13H19N3OS2/c1-4-19-8-7-9(2)16-12-10(14-13(16)18)5-6-11(15-12)17-3/h5-6,9H,4,7-8H2,1-3H3,(H,14,18). The van der Waals surface area contributed by atoms with E-state index in [2.05, 4.69) is 28.4 Å². The molecule has 19 heavy (non-hydrogen) atoms. The van der Waals surface area contributed by atoms with Crippen LogP contribution in [0, 0.1) is 4.77 Å². The summed E-state index contributed by atoms with van der Waals surface area (Å²) in [5, 5.41) is 0. The van der Waals surface area contributed by atoms with Gasteiger partial charge in [0.25, 0.3) is 0 Å². The maximum Gasteiger partial charge on any atom is 0.215 e. The molecule has 0 saturated carbocycles. The van der Waals surface area contributed by atoms with E-state index < -0.39 is 0 Å². The largest absolute Gasteiger partial charge is 0.481 e.